The molecule has 0 aromatic heterocycles. The highest BCUT2D eigenvalue weighted by Crippen LogP contribution is 2.48. The molecular formula is C31H34N2O8. The zero-order valence-corrected chi connectivity index (χ0v) is 23.6. The van der Waals surface area contributed by atoms with Crippen molar-refractivity contribution in [2.75, 3.05) is 39.1 Å². The van der Waals surface area contributed by atoms with Gasteiger partial charge in [0.15, 0.2) is 11.5 Å². The first kappa shape index (κ1) is 29.4. The second kappa shape index (κ2) is 12.3. The van der Waals surface area contributed by atoms with Crippen molar-refractivity contribution in [1.82, 2.24) is 0 Å². The minimum absolute atomic E-state index is 0.343. The molecule has 0 spiro atoms. The van der Waals surface area contributed by atoms with Crippen LogP contribution >= 0.6 is 0 Å². The minimum Gasteiger partial charge on any atom is -0.495 e. The molecule has 216 valence electrons. The van der Waals surface area contributed by atoms with Gasteiger partial charge < -0.3 is 34.7 Å². The smallest absolute Gasteiger partial charge is 0.235 e. The molecule has 4 rings (SSSR count). The quantitative estimate of drug-likeness (QED) is 0.333. The van der Waals surface area contributed by atoms with E-state index in [-0.39, 0.29) is 0 Å². The number of carbonyl (C=O) groups is 3. The molecule has 0 unspecified atom stereocenters. The van der Waals surface area contributed by atoms with Gasteiger partial charge in [-0.1, -0.05) is 30.3 Å². The van der Waals surface area contributed by atoms with Gasteiger partial charge in [-0.05, 0) is 48.9 Å². The highest BCUT2D eigenvalue weighted by molar-refractivity contribution is 6.11. The maximum atomic E-state index is 14.0. The number of hydrogen-bond acceptors (Lipinski definition) is 8. The van der Waals surface area contributed by atoms with Gasteiger partial charge in [-0.3, -0.25) is 14.4 Å². The molecule has 10 heteroatoms. The third kappa shape index (κ3) is 5.97. The Kier molecular flexibility index (Phi) is 8.83. The van der Waals surface area contributed by atoms with Crippen LogP contribution in [0.2, 0.25) is 0 Å². The lowest BCUT2D eigenvalue weighted by atomic mass is 9.61. The number of ketones is 1. The van der Waals surface area contributed by atoms with E-state index in [1.54, 1.807) is 66.7 Å². The molecule has 0 bridgehead atoms. The highest BCUT2D eigenvalue weighted by atomic mass is 16.5. The van der Waals surface area contributed by atoms with Crippen molar-refractivity contribution in [2.45, 2.75) is 24.9 Å². The van der Waals surface area contributed by atoms with E-state index in [1.165, 1.54) is 35.4 Å². The number of carbonyl (C=O) groups excluding carboxylic acids is 3. The number of aliphatic hydroxyl groups is 1. The molecule has 1 saturated carbocycles. The van der Waals surface area contributed by atoms with E-state index in [4.69, 9.17) is 18.9 Å². The van der Waals surface area contributed by atoms with Gasteiger partial charge in [0.05, 0.1) is 51.3 Å². The molecular weight excluding hydrogens is 528 g/mol. The minimum atomic E-state index is -1.79. The van der Waals surface area contributed by atoms with Gasteiger partial charge in [0, 0.05) is 12.3 Å². The van der Waals surface area contributed by atoms with Crippen LogP contribution in [0.3, 0.4) is 0 Å². The van der Waals surface area contributed by atoms with Gasteiger partial charge in [-0.25, -0.2) is 0 Å². The third-order valence-electron chi connectivity index (χ3n) is 7.35. The predicted octanol–water partition coefficient (Wildman–Crippen LogP) is 4.04. The monoisotopic (exact) mass is 562 g/mol. The number of amides is 2. The molecule has 3 aromatic carbocycles. The van der Waals surface area contributed by atoms with Crippen molar-refractivity contribution in [2.24, 2.45) is 11.8 Å². The summed E-state index contributed by atoms with van der Waals surface area (Å²) in [5.74, 6) is -3.76. The maximum absolute atomic E-state index is 14.0. The van der Waals surface area contributed by atoms with Crippen LogP contribution < -0.4 is 29.6 Å². The van der Waals surface area contributed by atoms with Crippen LogP contribution in [0, 0.1) is 11.8 Å². The van der Waals surface area contributed by atoms with Crippen LogP contribution in [0.25, 0.3) is 0 Å². The number of ether oxygens (including phenoxy) is 4. The van der Waals surface area contributed by atoms with E-state index in [0.717, 1.165) is 0 Å². The van der Waals surface area contributed by atoms with Crippen LogP contribution in [0.4, 0.5) is 11.4 Å². The Hall–Kier alpha value is -4.57. The van der Waals surface area contributed by atoms with Crippen molar-refractivity contribution in [3.8, 4) is 23.0 Å². The summed E-state index contributed by atoms with van der Waals surface area (Å²) in [4.78, 5) is 41.5. The maximum Gasteiger partial charge on any atom is 0.235 e. The second-order valence-electron chi connectivity index (χ2n) is 9.97. The molecule has 0 radical (unpaired) electrons. The zero-order valence-electron chi connectivity index (χ0n) is 23.6. The molecule has 4 atom stereocenters. The van der Waals surface area contributed by atoms with Crippen LogP contribution in [-0.2, 0) is 14.4 Å². The Bertz CT molecular complexity index is 1440. The molecule has 0 aliphatic heterocycles. The number of nitrogens with one attached hydrogen (secondary N) is 2. The van der Waals surface area contributed by atoms with Crippen LogP contribution in [-0.4, -0.2) is 56.7 Å². The number of methoxy groups -OCH3 is 4. The average Bonchev–Trinajstić information content (AvgIpc) is 2.96. The molecule has 10 nitrogen and oxygen atoms in total. The summed E-state index contributed by atoms with van der Waals surface area (Å²) in [6.45, 7) is 1.43. The normalized spacial score (nSPS) is 21.9. The lowest BCUT2D eigenvalue weighted by Crippen LogP contribution is -2.56. The topological polar surface area (TPSA) is 132 Å². The van der Waals surface area contributed by atoms with Crippen LogP contribution in [0.15, 0.2) is 66.7 Å². The molecule has 2 amide bonds. The third-order valence-corrected chi connectivity index (χ3v) is 7.35. The van der Waals surface area contributed by atoms with Crippen LogP contribution in [0.5, 0.6) is 23.0 Å². The van der Waals surface area contributed by atoms with Crippen molar-refractivity contribution in [3.63, 3.8) is 0 Å². The molecule has 1 fully saturated rings. The second-order valence-corrected chi connectivity index (χ2v) is 9.97. The van der Waals surface area contributed by atoms with E-state index < -0.39 is 47.4 Å². The summed E-state index contributed by atoms with van der Waals surface area (Å²) in [5.41, 5.74) is -0.598. The number of rotatable bonds is 9. The lowest BCUT2D eigenvalue weighted by molar-refractivity contribution is -0.150. The van der Waals surface area contributed by atoms with Crippen molar-refractivity contribution in [3.05, 3.63) is 72.3 Å². The van der Waals surface area contributed by atoms with Crippen molar-refractivity contribution < 1.29 is 38.4 Å². The molecule has 3 N–H and O–H groups in total. The first-order valence-electron chi connectivity index (χ1n) is 13.0. The number of Topliss-reactive ketones (excluding diaryl/α,β-unsaturated/α-hetero) is 1. The number of benzene rings is 3. The fourth-order valence-corrected chi connectivity index (χ4v) is 5.47. The molecule has 0 saturated heterocycles. The fourth-order valence-electron chi connectivity index (χ4n) is 5.47. The SMILES string of the molecule is COc1ccccc1NC(=O)[C@H]1C(=O)C[C@@](C)(O)[C@@H](C(=O)Nc2ccccc2OC)[C@H]1c1ccc(OC)c(OC)c1. The average molecular weight is 563 g/mol. The Balaban J connectivity index is 1.84. The number of hydrogen-bond donors (Lipinski definition) is 3. The first-order chi connectivity index (χ1) is 19.6. The van der Waals surface area contributed by atoms with Crippen molar-refractivity contribution in [1.29, 1.82) is 0 Å². The van der Waals surface area contributed by atoms with Gasteiger partial charge in [0.2, 0.25) is 11.8 Å². The molecule has 3 aromatic rings. The van der Waals surface area contributed by atoms with Crippen molar-refractivity contribution >= 4 is 29.0 Å². The van der Waals surface area contributed by atoms with Crippen LogP contribution in [0.1, 0.15) is 24.8 Å². The Morgan fingerprint density at radius 2 is 1.27 bits per heavy atom. The fraction of sp³-hybridized carbons (Fsp3) is 0.323. The van der Waals surface area contributed by atoms with E-state index in [2.05, 4.69) is 10.6 Å². The summed E-state index contributed by atoms with van der Waals surface area (Å²) in [6, 6.07) is 18.6. The van der Waals surface area contributed by atoms with Gasteiger partial charge in [0.1, 0.15) is 23.2 Å². The zero-order chi connectivity index (χ0) is 29.7. The molecule has 0 heterocycles. The Morgan fingerprint density at radius 1 is 0.756 bits per heavy atom. The predicted molar refractivity (Wildman–Crippen MR) is 153 cm³/mol. The first-order valence-corrected chi connectivity index (χ1v) is 13.0. The van der Waals surface area contributed by atoms with E-state index in [9.17, 15) is 19.5 Å². The van der Waals surface area contributed by atoms with E-state index in [1.807, 2.05) is 0 Å². The summed E-state index contributed by atoms with van der Waals surface area (Å²) in [6.07, 6.45) is -0.412. The van der Waals surface area contributed by atoms with Gasteiger partial charge in [-0.15, -0.1) is 0 Å². The van der Waals surface area contributed by atoms with Gasteiger partial charge in [-0.2, -0.15) is 0 Å². The molecule has 1 aliphatic carbocycles. The van der Waals surface area contributed by atoms with E-state index in [0.29, 0.717) is 39.9 Å². The van der Waals surface area contributed by atoms with Gasteiger partial charge in [0.25, 0.3) is 0 Å². The van der Waals surface area contributed by atoms with Gasteiger partial charge >= 0.3 is 0 Å². The highest BCUT2D eigenvalue weighted by Gasteiger charge is 2.56. The Morgan fingerprint density at radius 3 is 1.80 bits per heavy atom. The summed E-state index contributed by atoms with van der Waals surface area (Å²) in [5, 5.41) is 17.2. The standard InChI is InChI=1S/C31H34N2O8/c1-31(37)17-21(34)27(29(35)32-19-10-6-8-12-22(19)38-2)26(18-14-15-24(40-4)25(16-18)41-5)28(31)30(36)33-20-11-7-9-13-23(20)39-3/h6-16,26-28,37H,17H2,1-5H3,(H,32,35)(H,33,36)/t26-,27-,28+,31+/m0/s1. The summed E-state index contributed by atoms with van der Waals surface area (Å²) >= 11 is 0. The molecule has 41 heavy (non-hydrogen) atoms. The summed E-state index contributed by atoms with van der Waals surface area (Å²) < 4.78 is 21.6. The largest absolute Gasteiger partial charge is 0.495 e. The molecule has 1 aliphatic rings. The number of para-hydroxylation sites is 4. The summed E-state index contributed by atoms with van der Waals surface area (Å²) in [7, 11) is 5.89. The van der Waals surface area contributed by atoms with E-state index >= 15 is 0 Å². The lowest BCUT2D eigenvalue weighted by Gasteiger charge is -2.44. The Labute approximate surface area is 238 Å². The number of anilines is 2.